The summed E-state index contributed by atoms with van der Waals surface area (Å²) in [4.78, 5) is 159. The highest BCUT2D eigenvalue weighted by Crippen LogP contribution is 2.37. The Morgan fingerprint density at radius 2 is 0.593 bits per heavy atom. The molecule has 6 heterocycles. The minimum atomic E-state index is -2.83. The molecular weight excluding hydrogens is 1790 g/mol. The second-order valence-corrected chi connectivity index (χ2v) is 42.7. The van der Waals surface area contributed by atoms with Gasteiger partial charge in [-0.2, -0.15) is 0 Å². The SMILES string of the molecule is C=C1C[C@@H](C(=O)N[C@H](C(C)=O)C2CCCCC2)N(C)C1.CC(=O)[C@@H](NC(=O)[C@@H]1CC(F)(F)CN1C)C1CCCCC1.CC(=O)[C@@H](NC(=O)[C@@H]1C[C@@H](OCc2ccccc2)CN1C)C1CCCCC1.CC(=O)[C@@H](NC(=O)[C@@H]1C[C@@H](Oc2ccccc2)CN1C)C1CCCCC1.CC(=O)[C@@H](NC(=O)[C@@H]1C[C@H](F)CN1C)C1CCCCC1.CC(=O)[C@@H](NC(=O)[C@@H]1C[C@H](Oc2ccccc2)CN1C)C1CCCCC1. The van der Waals surface area contributed by atoms with Crippen LogP contribution in [0.1, 0.15) is 278 Å². The molecule has 12 aliphatic rings. The van der Waals surface area contributed by atoms with Crippen LogP contribution in [0.15, 0.2) is 103 Å². The first kappa shape index (κ1) is 113. The van der Waals surface area contributed by atoms with Gasteiger partial charge in [0.1, 0.15) is 29.9 Å². The number of para-hydroxylation sites is 2. The molecule has 6 aliphatic carbocycles. The number of halogens is 3. The molecule has 15 rings (SSSR count). The van der Waals surface area contributed by atoms with Crippen LogP contribution < -0.4 is 41.4 Å². The zero-order valence-corrected chi connectivity index (χ0v) is 85.9. The maximum absolute atomic E-state index is 13.4. The maximum atomic E-state index is 13.4. The second-order valence-electron chi connectivity index (χ2n) is 42.7. The van der Waals surface area contributed by atoms with Gasteiger partial charge in [0.05, 0.1) is 91.8 Å². The molecule has 0 radical (unpaired) electrons. The number of Topliss-reactive ketones (excluding diaryl/α,β-unsaturated/α-hetero) is 6. The predicted octanol–water partition coefficient (Wildman–Crippen LogP) is 14.1. The number of likely N-dealkylation sites (tertiary alicyclic amines) is 6. The molecule has 6 aliphatic heterocycles. The van der Waals surface area contributed by atoms with Crippen LogP contribution in [0, 0.1) is 35.5 Å². The van der Waals surface area contributed by atoms with E-state index in [9.17, 15) is 70.7 Å². The molecule has 6 saturated carbocycles. The highest BCUT2D eigenvalue weighted by atomic mass is 19.3. The normalized spacial score (nSPS) is 26.7. The third kappa shape index (κ3) is 35.1. The number of nitrogens with one attached hydrogen (secondary N) is 6. The average Bonchev–Trinajstić information content (AvgIpc) is 1.67. The van der Waals surface area contributed by atoms with Crippen molar-refractivity contribution in [2.45, 2.75) is 382 Å². The molecule has 140 heavy (non-hydrogen) atoms. The Bertz CT molecular complexity index is 4340. The van der Waals surface area contributed by atoms with Crippen molar-refractivity contribution in [3.8, 4) is 11.5 Å². The van der Waals surface area contributed by atoms with Gasteiger partial charge in [0.15, 0.2) is 34.7 Å². The van der Waals surface area contributed by atoms with Crippen molar-refractivity contribution >= 4 is 70.1 Å². The number of likely N-dealkylation sites (N-methyl/N-ethyl adjacent to an activating group) is 6. The molecule has 3 aromatic carbocycles. The lowest BCUT2D eigenvalue weighted by atomic mass is 9.82. The van der Waals surface area contributed by atoms with Gasteiger partial charge in [-0.15, -0.1) is 0 Å². The van der Waals surface area contributed by atoms with Gasteiger partial charge in [-0.1, -0.05) is 194 Å². The maximum Gasteiger partial charge on any atom is 0.262 e. The van der Waals surface area contributed by atoms with Crippen molar-refractivity contribution in [1.82, 2.24) is 61.3 Å². The number of hydrogen-bond acceptors (Lipinski definition) is 21. The van der Waals surface area contributed by atoms with Crippen molar-refractivity contribution in [3.05, 3.63) is 109 Å². The smallest absolute Gasteiger partial charge is 0.262 e. The summed E-state index contributed by atoms with van der Waals surface area (Å²) in [6.07, 6.45) is 34.6. The zero-order chi connectivity index (χ0) is 101. The number of carbonyl (C=O) groups is 12. The number of nitrogens with zero attached hydrogens (tertiary/aromatic N) is 6. The van der Waals surface area contributed by atoms with E-state index in [-0.39, 0.29) is 167 Å². The van der Waals surface area contributed by atoms with Gasteiger partial charge in [-0.25, -0.2) is 13.2 Å². The van der Waals surface area contributed by atoms with E-state index in [0.717, 1.165) is 183 Å². The van der Waals surface area contributed by atoms with Crippen molar-refractivity contribution < 1.29 is 84.9 Å². The Labute approximate surface area is 831 Å². The molecule has 12 fully saturated rings. The lowest BCUT2D eigenvalue weighted by Crippen LogP contribution is -2.51. The molecule has 3 aromatic rings. The van der Waals surface area contributed by atoms with Gasteiger partial charge < -0.3 is 46.1 Å². The number of ether oxygens (including phenoxy) is 3. The zero-order valence-electron chi connectivity index (χ0n) is 85.9. The monoisotopic (exact) mass is 1950 g/mol. The summed E-state index contributed by atoms with van der Waals surface area (Å²) in [5.41, 5.74) is 2.23. The average molecular weight is 1950 g/mol. The van der Waals surface area contributed by atoms with Crippen LogP contribution in [0.2, 0.25) is 0 Å². The van der Waals surface area contributed by atoms with E-state index in [1.165, 1.54) is 70.7 Å². The van der Waals surface area contributed by atoms with Crippen LogP contribution >= 0.6 is 0 Å². The van der Waals surface area contributed by atoms with Crippen molar-refractivity contribution in [3.63, 3.8) is 0 Å². The van der Waals surface area contributed by atoms with E-state index in [2.05, 4.69) is 38.5 Å². The first-order chi connectivity index (χ1) is 66.9. The summed E-state index contributed by atoms with van der Waals surface area (Å²) < 4.78 is 58.1. The molecule has 27 nitrogen and oxygen atoms in total. The largest absolute Gasteiger partial charge is 0.489 e. The van der Waals surface area contributed by atoms with Gasteiger partial charge in [-0.05, 0) is 239 Å². The number of rotatable bonds is 31. The minimum absolute atomic E-state index is 0.0105. The molecule has 0 bridgehead atoms. The molecule has 0 aromatic heterocycles. The highest BCUT2D eigenvalue weighted by Gasteiger charge is 2.49. The van der Waals surface area contributed by atoms with E-state index < -0.39 is 55.1 Å². The van der Waals surface area contributed by atoms with Crippen LogP contribution in [0.25, 0.3) is 0 Å². The van der Waals surface area contributed by atoms with Crippen LogP contribution in [-0.2, 0) is 68.9 Å². The molecule has 30 heteroatoms. The van der Waals surface area contributed by atoms with Gasteiger partial charge >= 0.3 is 0 Å². The summed E-state index contributed by atoms with van der Waals surface area (Å²) in [6.45, 7) is 16.7. The third-order valence-corrected chi connectivity index (χ3v) is 31.4. The lowest BCUT2D eigenvalue weighted by Gasteiger charge is -2.30. The fourth-order valence-corrected chi connectivity index (χ4v) is 23.6. The lowest BCUT2D eigenvalue weighted by molar-refractivity contribution is -0.131. The van der Waals surface area contributed by atoms with Crippen LogP contribution in [-0.4, -0.2) is 284 Å². The van der Waals surface area contributed by atoms with Crippen molar-refractivity contribution in [1.29, 1.82) is 0 Å². The third-order valence-electron chi connectivity index (χ3n) is 31.4. The fraction of sp³-hybridized carbons (Fsp3) is 0.709. The van der Waals surface area contributed by atoms with Gasteiger partial charge in [-0.3, -0.25) is 86.9 Å². The summed E-state index contributed by atoms with van der Waals surface area (Å²) in [7, 11) is 11.1. The summed E-state index contributed by atoms with van der Waals surface area (Å²) in [5, 5.41) is 17.8. The van der Waals surface area contributed by atoms with Crippen molar-refractivity contribution in [2.24, 2.45) is 35.5 Å². The van der Waals surface area contributed by atoms with Gasteiger partial charge in [0, 0.05) is 58.4 Å². The Balaban J connectivity index is 0.000000174. The van der Waals surface area contributed by atoms with Gasteiger partial charge in [0.2, 0.25) is 35.4 Å². The van der Waals surface area contributed by atoms with Crippen LogP contribution in [0.3, 0.4) is 0 Å². The molecular formula is C110H167F3N12O15. The Morgan fingerprint density at radius 3 is 0.850 bits per heavy atom. The minimum Gasteiger partial charge on any atom is -0.489 e. The predicted molar refractivity (Wildman–Crippen MR) is 537 cm³/mol. The molecule has 778 valence electrons. The Morgan fingerprint density at radius 1 is 0.336 bits per heavy atom. The van der Waals surface area contributed by atoms with Gasteiger partial charge in [0.25, 0.3) is 5.92 Å². The summed E-state index contributed by atoms with van der Waals surface area (Å²) >= 11 is 0. The van der Waals surface area contributed by atoms with Crippen LogP contribution in [0.5, 0.6) is 11.5 Å². The number of amides is 6. The second kappa shape index (κ2) is 56.6. The standard InChI is InChI=1S/C22H32N2O3.2C21H30N2O3.C16H26N2O2.C15H24F2N2O2.C15H25FN2O2/c1-16(25)21(18-11-7-4-8-12-18)23-22(26)20-13-19(14-24(20)2)27-15-17-9-5-3-6-10-17;2*1-15(24)20(16-9-5-3-6-10-16)22-21(25)19-13-18(14-23(19)2)26-17-11-7-4-8-12-17;1-11-9-14(18(3)10-11)16(20)17-15(12(2)19)13-7-5-4-6-8-13;1-10(20)13(11-6-4-3-5-7-11)18-14(21)12-8-15(16,17)9-19(12)2;1-10(19)14(11-6-4-3-5-7-11)17-15(20)13-8-12(16)9-18(13)2/h3,5-6,9-10,18-21H,4,7-8,11-15H2,1-2H3,(H,23,26);2*4,7-8,11-12,16,18-20H,3,5-6,9-10,13-14H2,1-2H3,(H,22,25);13-15H,1,4-10H2,2-3H3,(H,17,20);11-13H,3-9H2,1-2H3,(H,18,21);11-14H,3-9H2,1-2H3,(H,17,20)/t19-,20+,21-;18-,19+,20-;18-,19-,20+;14-,15+;12-,13+;12-,13-,14+/m110000/s1. The fourth-order valence-electron chi connectivity index (χ4n) is 23.6. The molecule has 0 spiro atoms. The molecule has 6 amide bonds. The Kier molecular flexibility index (Phi) is 45.8. The number of benzene rings is 3. The van der Waals surface area contributed by atoms with E-state index in [0.29, 0.717) is 57.8 Å². The van der Waals surface area contributed by atoms with E-state index in [1.807, 2.05) is 139 Å². The molecule has 0 unspecified atom stereocenters. The Hall–Kier alpha value is -8.65. The first-order valence-electron chi connectivity index (χ1n) is 52.7. The number of carbonyl (C=O) groups excluding carboxylic acids is 12. The molecule has 16 atom stereocenters. The van der Waals surface area contributed by atoms with E-state index >= 15 is 0 Å². The summed E-state index contributed by atoms with van der Waals surface area (Å²) in [5.74, 6) is -0.128. The van der Waals surface area contributed by atoms with E-state index in [4.69, 9.17) is 14.2 Å². The molecule has 6 N–H and O–H groups in total. The number of alkyl halides is 3. The molecule has 6 saturated heterocycles. The van der Waals surface area contributed by atoms with Crippen molar-refractivity contribution in [2.75, 3.05) is 81.6 Å². The quantitative estimate of drug-likeness (QED) is 0.0326. The summed E-state index contributed by atoms with van der Waals surface area (Å²) in [6, 6.07) is 25.1. The number of ketones is 6. The van der Waals surface area contributed by atoms with E-state index in [1.54, 1.807) is 39.6 Å². The number of hydrogen-bond donors (Lipinski definition) is 6. The first-order valence-corrected chi connectivity index (χ1v) is 52.7. The van der Waals surface area contributed by atoms with Crippen LogP contribution in [0.4, 0.5) is 13.2 Å². The highest BCUT2D eigenvalue weighted by molar-refractivity contribution is 5.94. The topological polar surface area (TPSA) is 324 Å².